The smallest absolute Gasteiger partial charge is 0.410 e. The number of carbonyl (C=O) groups excluding carboxylic acids is 1. The summed E-state index contributed by atoms with van der Waals surface area (Å²) in [4.78, 5) is 13.7. The number of rotatable bonds is 1. The van der Waals surface area contributed by atoms with E-state index in [2.05, 4.69) is 5.32 Å². The fraction of sp³-hybridized carbons (Fsp3) is 0.643. The number of nitrogens with one attached hydrogen (secondary N) is 1. The molecule has 0 unspecified atom stereocenters. The molecule has 1 aromatic rings. The van der Waals surface area contributed by atoms with E-state index in [1.54, 1.807) is 17.4 Å². The van der Waals surface area contributed by atoms with Crippen molar-refractivity contribution >= 4 is 6.09 Å². The third kappa shape index (κ3) is 2.12. The largest absolute Gasteiger partial charge is 0.472 e. The maximum atomic E-state index is 11.9. The quantitative estimate of drug-likeness (QED) is 0.844. The Morgan fingerprint density at radius 3 is 2.74 bits per heavy atom. The van der Waals surface area contributed by atoms with Crippen molar-refractivity contribution < 1.29 is 13.9 Å². The van der Waals surface area contributed by atoms with Crippen LogP contribution in [0.5, 0.6) is 0 Å². The van der Waals surface area contributed by atoms with Crippen molar-refractivity contribution in [2.75, 3.05) is 19.6 Å². The number of carbonyl (C=O) groups is 1. The van der Waals surface area contributed by atoms with E-state index in [0.717, 1.165) is 25.2 Å². The Hall–Kier alpha value is -1.49. The molecule has 2 aliphatic rings. The molecule has 5 nitrogen and oxygen atoms in total. The number of hydrogen-bond acceptors (Lipinski definition) is 4. The first kappa shape index (κ1) is 12.5. The SMILES string of the molecule is CC(C)(C)OC(=O)N1CC2(CN[C@@H]2c2ccoc2)C1. The van der Waals surface area contributed by atoms with Gasteiger partial charge in [0, 0.05) is 36.7 Å². The molecule has 2 saturated heterocycles. The van der Waals surface area contributed by atoms with E-state index in [0.29, 0.717) is 6.04 Å². The molecular formula is C14H20N2O3. The molecule has 0 bridgehead atoms. The standard InChI is InChI=1S/C14H20N2O3/c1-13(2,3)19-12(17)16-8-14(9-16)7-15-11(14)10-4-5-18-6-10/h4-6,11,15H,7-9H2,1-3H3/t11-/m1/s1. The van der Waals surface area contributed by atoms with E-state index in [1.807, 2.05) is 26.8 Å². The zero-order chi connectivity index (χ0) is 13.7. The second kappa shape index (κ2) is 4.00. The number of likely N-dealkylation sites (tertiary alicyclic amines) is 1. The minimum Gasteiger partial charge on any atom is -0.472 e. The molecule has 3 heterocycles. The van der Waals surface area contributed by atoms with Crippen LogP contribution in [0.25, 0.3) is 0 Å². The molecule has 0 aromatic carbocycles. The van der Waals surface area contributed by atoms with Gasteiger partial charge in [-0.15, -0.1) is 0 Å². The lowest BCUT2D eigenvalue weighted by molar-refractivity contribution is -0.0855. The molecular weight excluding hydrogens is 244 g/mol. The first-order valence-electron chi connectivity index (χ1n) is 6.63. The van der Waals surface area contributed by atoms with Gasteiger partial charge in [-0.25, -0.2) is 4.79 Å². The third-order valence-corrected chi connectivity index (χ3v) is 3.81. The summed E-state index contributed by atoms with van der Waals surface area (Å²) in [5.41, 5.74) is 0.901. The highest BCUT2D eigenvalue weighted by Gasteiger charge is 2.57. The molecule has 1 spiro atoms. The first-order chi connectivity index (χ1) is 8.90. The molecule has 1 N–H and O–H groups in total. The summed E-state index contributed by atoms with van der Waals surface area (Å²) in [6.07, 6.45) is 3.25. The Balaban J connectivity index is 1.59. The molecule has 3 rings (SSSR count). The number of amides is 1. The normalized spacial score (nSPS) is 24.8. The predicted octanol–water partition coefficient (Wildman–Crippen LogP) is 2.16. The second-order valence-electron chi connectivity index (χ2n) is 6.57. The van der Waals surface area contributed by atoms with Crippen molar-refractivity contribution in [3.05, 3.63) is 24.2 Å². The second-order valence-corrected chi connectivity index (χ2v) is 6.57. The maximum absolute atomic E-state index is 11.9. The van der Waals surface area contributed by atoms with Crippen LogP contribution in [0.15, 0.2) is 23.0 Å². The number of furan rings is 1. The Kier molecular flexibility index (Phi) is 2.64. The van der Waals surface area contributed by atoms with Crippen LogP contribution in [-0.4, -0.2) is 36.2 Å². The van der Waals surface area contributed by atoms with Crippen molar-refractivity contribution in [1.82, 2.24) is 10.2 Å². The molecule has 0 aliphatic carbocycles. The van der Waals surface area contributed by atoms with E-state index >= 15 is 0 Å². The van der Waals surface area contributed by atoms with Crippen molar-refractivity contribution in [2.45, 2.75) is 32.4 Å². The minimum atomic E-state index is -0.429. The van der Waals surface area contributed by atoms with E-state index in [1.165, 1.54) is 0 Å². The summed E-state index contributed by atoms with van der Waals surface area (Å²) in [6.45, 7) is 8.12. The summed E-state index contributed by atoms with van der Waals surface area (Å²) < 4.78 is 10.5. The van der Waals surface area contributed by atoms with Gasteiger partial charge < -0.3 is 19.4 Å². The first-order valence-corrected chi connectivity index (χ1v) is 6.63. The summed E-state index contributed by atoms with van der Waals surface area (Å²) in [5.74, 6) is 0. The molecule has 2 aliphatic heterocycles. The van der Waals surface area contributed by atoms with Gasteiger partial charge in [-0.3, -0.25) is 0 Å². The van der Waals surface area contributed by atoms with Crippen LogP contribution in [0.1, 0.15) is 32.4 Å². The molecule has 104 valence electrons. The van der Waals surface area contributed by atoms with E-state index < -0.39 is 5.60 Å². The van der Waals surface area contributed by atoms with E-state index in [-0.39, 0.29) is 11.5 Å². The van der Waals surface area contributed by atoms with Crippen LogP contribution >= 0.6 is 0 Å². The van der Waals surface area contributed by atoms with Gasteiger partial charge in [-0.05, 0) is 26.8 Å². The average Bonchev–Trinajstić information content (AvgIpc) is 2.63. The highest BCUT2D eigenvalue weighted by molar-refractivity contribution is 5.69. The lowest BCUT2D eigenvalue weighted by Crippen LogP contribution is -2.73. The van der Waals surface area contributed by atoms with Gasteiger partial charge in [0.05, 0.1) is 12.5 Å². The van der Waals surface area contributed by atoms with Crippen LogP contribution < -0.4 is 5.32 Å². The van der Waals surface area contributed by atoms with Crippen LogP contribution in [-0.2, 0) is 4.74 Å². The summed E-state index contributed by atoms with van der Waals surface area (Å²) in [6, 6.07) is 2.28. The zero-order valence-corrected chi connectivity index (χ0v) is 11.6. The van der Waals surface area contributed by atoms with Gasteiger partial charge in [-0.1, -0.05) is 0 Å². The zero-order valence-electron chi connectivity index (χ0n) is 11.6. The number of ether oxygens (including phenoxy) is 1. The number of nitrogens with zero attached hydrogens (tertiary/aromatic N) is 1. The molecule has 1 aromatic heterocycles. The van der Waals surface area contributed by atoms with Crippen molar-refractivity contribution in [2.24, 2.45) is 5.41 Å². The highest BCUT2D eigenvalue weighted by Crippen LogP contribution is 2.48. The lowest BCUT2D eigenvalue weighted by Gasteiger charge is -2.60. The van der Waals surface area contributed by atoms with Gasteiger partial charge in [-0.2, -0.15) is 0 Å². The van der Waals surface area contributed by atoms with Gasteiger partial charge in [0.25, 0.3) is 0 Å². The van der Waals surface area contributed by atoms with Gasteiger partial charge in [0.2, 0.25) is 0 Å². The monoisotopic (exact) mass is 264 g/mol. The van der Waals surface area contributed by atoms with Gasteiger partial charge in [0.15, 0.2) is 0 Å². The fourth-order valence-electron chi connectivity index (χ4n) is 2.87. The Bertz CT molecular complexity index is 469. The highest BCUT2D eigenvalue weighted by atomic mass is 16.6. The molecule has 19 heavy (non-hydrogen) atoms. The van der Waals surface area contributed by atoms with Crippen LogP contribution in [0, 0.1) is 5.41 Å². The van der Waals surface area contributed by atoms with Crippen molar-refractivity contribution in [3.63, 3.8) is 0 Å². The summed E-state index contributed by atoms with van der Waals surface area (Å²) >= 11 is 0. The molecule has 2 fully saturated rings. The predicted molar refractivity (Wildman–Crippen MR) is 69.7 cm³/mol. The Labute approximate surface area is 112 Å². The topological polar surface area (TPSA) is 54.7 Å². The van der Waals surface area contributed by atoms with Crippen LogP contribution in [0.4, 0.5) is 4.79 Å². The van der Waals surface area contributed by atoms with Gasteiger partial charge in [0.1, 0.15) is 5.60 Å². The summed E-state index contributed by atoms with van der Waals surface area (Å²) in [5, 5.41) is 3.41. The molecule has 0 saturated carbocycles. The van der Waals surface area contributed by atoms with Crippen LogP contribution in [0.2, 0.25) is 0 Å². The summed E-state index contributed by atoms with van der Waals surface area (Å²) in [7, 11) is 0. The minimum absolute atomic E-state index is 0.167. The lowest BCUT2D eigenvalue weighted by atomic mass is 9.66. The van der Waals surface area contributed by atoms with Crippen molar-refractivity contribution in [1.29, 1.82) is 0 Å². The third-order valence-electron chi connectivity index (χ3n) is 3.81. The number of hydrogen-bond donors (Lipinski definition) is 1. The Morgan fingerprint density at radius 2 is 2.26 bits per heavy atom. The molecule has 1 amide bonds. The fourth-order valence-corrected chi connectivity index (χ4v) is 2.87. The van der Waals surface area contributed by atoms with Crippen molar-refractivity contribution in [3.8, 4) is 0 Å². The molecule has 5 heteroatoms. The van der Waals surface area contributed by atoms with Crippen LogP contribution in [0.3, 0.4) is 0 Å². The molecule has 1 atom stereocenters. The average molecular weight is 264 g/mol. The maximum Gasteiger partial charge on any atom is 0.410 e. The van der Waals surface area contributed by atoms with Gasteiger partial charge >= 0.3 is 6.09 Å². The molecule has 0 radical (unpaired) electrons. The van der Waals surface area contributed by atoms with E-state index in [4.69, 9.17) is 9.15 Å². The van der Waals surface area contributed by atoms with E-state index in [9.17, 15) is 4.79 Å². The Morgan fingerprint density at radius 1 is 1.53 bits per heavy atom.